The Morgan fingerprint density at radius 3 is 1.43 bits per heavy atom. The monoisotopic (exact) mass is 1190 g/mol. The van der Waals surface area contributed by atoms with Crippen LogP contribution in [0.3, 0.4) is 0 Å². The summed E-state index contributed by atoms with van der Waals surface area (Å²) in [5.41, 5.74) is 2.12. The summed E-state index contributed by atoms with van der Waals surface area (Å²) in [4.78, 5) is 74.9. The molecule has 458 valence electrons. The first-order valence-corrected chi connectivity index (χ1v) is 27.0. The van der Waals surface area contributed by atoms with Crippen LogP contribution >= 0.6 is 0 Å². The van der Waals surface area contributed by atoms with Gasteiger partial charge in [-0.3, -0.25) is 24.1 Å². The van der Waals surface area contributed by atoms with Crippen LogP contribution in [0, 0.1) is 0 Å². The molecule has 0 radical (unpaired) electrons. The molecule has 4 aliphatic rings. The predicted octanol–water partition coefficient (Wildman–Crippen LogP) is 11.8. The van der Waals surface area contributed by atoms with Crippen molar-refractivity contribution in [2.75, 3.05) is 49.1 Å². The Balaban J connectivity index is 0.000000249. The Kier molecular flexibility index (Phi) is 21.1. The Labute approximate surface area is 479 Å². The molecule has 3 N–H and O–H groups in total. The third-order valence-electron chi connectivity index (χ3n) is 13.2. The second kappa shape index (κ2) is 27.0. The number of aliphatic carboxylic acids is 2. The molecule has 2 aliphatic carbocycles. The number of carbonyl (C=O) groups is 6. The van der Waals surface area contributed by atoms with Gasteiger partial charge in [0, 0.05) is 37.6 Å². The number of carboxylic acids is 2. The number of carbonyl (C=O) groups excluding carboxylic acids is 4. The van der Waals surface area contributed by atoms with Gasteiger partial charge in [-0.25, -0.2) is 9.59 Å². The van der Waals surface area contributed by atoms with E-state index in [2.05, 4.69) is 5.32 Å². The largest absolute Gasteiger partial charge is 0.490 e. The summed E-state index contributed by atoms with van der Waals surface area (Å²) >= 11 is 0. The molecule has 8 rings (SSSR count). The first kappa shape index (κ1) is 65.6. The van der Waals surface area contributed by atoms with Crippen LogP contribution in [-0.2, 0) is 71.9 Å². The molecule has 16 nitrogen and oxygen atoms in total. The van der Waals surface area contributed by atoms with Gasteiger partial charge in [-0.05, 0) is 174 Å². The van der Waals surface area contributed by atoms with E-state index < -0.39 is 64.9 Å². The molecule has 84 heavy (non-hydrogen) atoms. The number of nitrogens with one attached hydrogen (secondary N) is 1. The van der Waals surface area contributed by atoms with Gasteiger partial charge >= 0.3 is 42.5 Å². The second-order valence-corrected chi connectivity index (χ2v) is 22.5. The van der Waals surface area contributed by atoms with E-state index in [1.807, 2.05) is 6.07 Å². The number of hydrogen-bond acceptors (Lipinski definition) is 11. The van der Waals surface area contributed by atoms with Crippen LogP contribution in [0.1, 0.15) is 136 Å². The van der Waals surface area contributed by atoms with Crippen molar-refractivity contribution < 1.29 is 97.4 Å². The van der Waals surface area contributed by atoms with Gasteiger partial charge < -0.3 is 44.3 Å². The third kappa shape index (κ3) is 19.8. The molecule has 25 heteroatoms. The maximum atomic E-state index is 13.6. The summed E-state index contributed by atoms with van der Waals surface area (Å²) in [7, 11) is 0. The number of alkyl halides is 9. The lowest BCUT2D eigenvalue weighted by atomic mass is 10.00. The molecule has 0 bridgehead atoms. The molecule has 4 aromatic carbocycles. The molecule has 2 saturated carbocycles. The SMILES string of the molecule is CC(C)(C)OC(=O)CCN(CC(=O)N1CCc2cc(OCc3ccc(C4CC4)c(C(F)(F)F)c3)ccc21)C(=O)OC(C)(C)C.O=C(O)C(F)(F)F.O=C(O)CCNCC(=O)N1CCc2cc(OCc3ccc(C4CC4)c(C(F)(F)F)c3)ccc21. The highest BCUT2D eigenvalue weighted by atomic mass is 19.4. The number of esters is 1. The quantitative estimate of drug-likeness (QED) is 0.0483. The lowest BCUT2D eigenvalue weighted by molar-refractivity contribution is -0.192. The van der Waals surface area contributed by atoms with Gasteiger partial charge in [-0.2, -0.15) is 39.5 Å². The standard InChI is InChI=1S/C33H41F3N2O6.C24H25F3N2O4.C2HF3O2/c1-31(2,3)43-29(40)14-15-37(30(41)44-32(4,5)6)19-28(39)38-16-13-23-18-24(10-12-27(23)38)42-20-21-7-11-25(22-8-9-22)26(17-21)33(34,35)36;25-24(26,27)20-11-15(1-5-19(20)16-2-3-16)14-33-18-4-6-21-17(12-18)8-10-29(21)22(30)13-28-9-7-23(31)32;3-2(4,5)1(6)7/h7,10-12,17-18,22H,8-9,13-16,19-20H2,1-6H3;1,4-6,11-12,16,28H,2-3,7-10,13-14H2,(H,31,32);(H,6,7). The van der Waals surface area contributed by atoms with E-state index >= 15 is 0 Å². The van der Waals surface area contributed by atoms with E-state index in [0.717, 1.165) is 42.5 Å². The van der Waals surface area contributed by atoms with Crippen LogP contribution in [-0.4, -0.2) is 108 Å². The van der Waals surface area contributed by atoms with Crippen LogP contribution < -0.4 is 24.6 Å². The van der Waals surface area contributed by atoms with E-state index in [4.69, 9.17) is 34.0 Å². The molecule has 0 spiro atoms. The van der Waals surface area contributed by atoms with Crippen molar-refractivity contribution in [2.24, 2.45) is 0 Å². The minimum atomic E-state index is -5.08. The topological polar surface area (TPSA) is 202 Å². The van der Waals surface area contributed by atoms with Crippen molar-refractivity contribution >= 4 is 47.2 Å². The zero-order valence-electron chi connectivity index (χ0n) is 47.1. The fraction of sp³-hybridized carbons (Fsp3) is 0.492. The zero-order chi connectivity index (χ0) is 62.1. The van der Waals surface area contributed by atoms with Crippen LogP contribution in [0.2, 0.25) is 0 Å². The summed E-state index contributed by atoms with van der Waals surface area (Å²) in [5, 5.41) is 18.6. The summed E-state index contributed by atoms with van der Waals surface area (Å²) in [6.45, 7) is 11.2. The lowest BCUT2D eigenvalue weighted by Gasteiger charge is -2.29. The highest BCUT2D eigenvalue weighted by molar-refractivity contribution is 5.98. The van der Waals surface area contributed by atoms with Gasteiger partial charge in [-0.1, -0.05) is 24.3 Å². The molecule has 3 amide bonds. The number of nitrogens with zero attached hydrogens (tertiary/aromatic N) is 3. The highest BCUT2D eigenvalue weighted by Crippen LogP contribution is 2.47. The van der Waals surface area contributed by atoms with E-state index in [1.54, 1.807) is 106 Å². The average molecular weight is 1200 g/mol. The maximum Gasteiger partial charge on any atom is 0.490 e. The number of fused-ring (bicyclic) bond motifs is 2. The van der Waals surface area contributed by atoms with Crippen LogP contribution in [0.5, 0.6) is 11.5 Å². The lowest BCUT2D eigenvalue weighted by Crippen LogP contribution is -2.45. The smallest absolute Gasteiger partial charge is 0.489 e. The number of carboxylic acid groups (broad SMARTS) is 2. The van der Waals surface area contributed by atoms with Crippen molar-refractivity contribution in [3.63, 3.8) is 0 Å². The van der Waals surface area contributed by atoms with Crippen molar-refractivity contribution in [1.82, 2.24) is 10.2 Å². The zero-order valence-corrected chi connectivity index (χ0v) is 47.1. The molecular formula is C59H67F9N4O12. The number of hydrogen-bond donors (Lipinski definition) is 3. The maximum absolute atomic E-state index is 13.6. The van der Waals surface area contributed by atoms with Gasteiger partial charge in [0.25, 0.3) is 0 Å². The summed E-state index contributed by atoms with van der Waals surface area (Å²) in [5.74, 6) is -3.68. The Bertz CT molecular complexity index is 3040. The Morgan fingerprint density at radius 2 is 1.04 bits per heavy atom. The summed E-state index contributed by atoms with van der Waals surface area (Å²) in [6.07, 6.45) is -10.4. The van der Waals surface area contributed by atoms with Gasteiger partial charge in [-0.15, -0.1) is 0 Å². The highest BCUT2D eigenvalue weighted by Gasteiger charge is 2.41. The van der Waals surface area contributed by atoms with Crippen molar-refractivity contribution in [3.8, 4) is 11.5 Å². The number of benzene rings is 4. The predicted molar refractivity (Wildman–Crippen MR) is 288 cm³/mol. The van der Waals surface area contributed by atoms with Gasteiger partial charge in [0.1, 0.15) is 42.5 Å². The van der Waals surface area contributed by atoms with E-state index in [9.17, 15) is 63.5 Å². The summed E-state index contributed by atoms with van der Waals surface area (Å²) < 4.78 is 135. The number of rotatable bonds is 18. The normalized spacial score (nSPS) is 14.9. The van der Waals surface area contributed by atoms with Crippen molar-refractivity contribution in [2.45, 2.75) is 148 Å². The second-order valence-electron chi connectivity index (χ2n) is 22.5. The minimum absolute atomic E-state index is 0.00586. The van der Waals surface area contributed by atoms with Crippen LogP contribution in [0.25, 0.3) is 0 Å². The van der Waals surface area contributed by atoms with Gasteiger partial charge in [0.15, 0.2) is 0 Å². The molecule has 0 aromatic heterocycles. The first-order chi connectivity index (χ1) is 39.1. The van der Waals surface area contributed by atoms with Crippen LogP contribution in [0.4, 0.5) is 55.7 Å². The average Bonchev–Trinajstić information content (AvgIpc) is 3.45. The Morgan fingerprint density at radius 1 is 0.595 bits per heavy atom. The van der Waals surface area contributed by atoms with E-state index in [-0.39, 0.29) is 75.9 Å². The van der Waals surface area contributed by atoms with E-state index in [0.29, 0.717) is 65.4 Å². The number of amides is 3. The molecule has 2 fully saturated rings. The minimum Gasteiger partial charge on any atom is -0.489 e. The first-order valence-electron chi connectivity index (χ1n) is 27.0. The third-order valence-corrected chi connectivity index (χ3v) is 13.2. The van der Waals surface area contributed by atoms with E-state index in [1.165, 1.54) is 17.0 Å². The molecule has 0 saturated heterocycles. The van der Waals surface area contributed by atoms with Crippen LogP contribution in [0.15, 0.2) is 72.8 Å². The van der Waals surface area contributed by atoms with Gasteiger partial charge in [0.2, 0.25) is 11.8 Å². The molecular weight excluding hydrogens is 1130 g/mol. The summed E-state index contributed by atoms with van der Waals surface area (Å²) in [6, 6.07) is 19.3. The molecule has 4 aromatic rings. The number of anilines is 2. The fourth-order valence-electron chi connectivity index (χ4n) is 9.08. The molecule has 0 unspecified atom stereocenters. The Hall–Kier alpha value is -7.57. The number of ether oxygens (including phenoxy) is 4. The van der Waals surface area contributed by atoms with Crippen molar-refractivity contribution in [1.29, 1.82) is 0 Å². The molecule has 0 atom stereocenters. The molecule has 2 aliphatic heterocycles. The van der Waals surface area contributed by atoms with Gasteiger partial charge in [0.05, 0.1) is 30.5 Å². The molecule has 2 heterocycles. The number of halogens is 9. The van der Waals surface area contributed by atoms with Crippen molar-refractivity contribution in [3.05, 3.63) is 117 Å². The fourth-order valence-corrected chi connectivity index (χ4v) is 9.08.